The van der Waals surface area contributed by atoms with Gasteiger partial charge in [0.05, 0.1) is 0 Å². The maximum Gasteiger partial charge on any atom is 0.217 e. The van der Waals surface area contributed by atoms with Gasteiger partial charge >= 0.3 is 0 Å². The number of Topliss-reactive ketones (excluding diaryl/α,β-unsaturated/α-hetero) is 1. The number of fused-ring (bicyclic) bond motifs is 1. The van der Waals surface area contributed by atoms with E-state index >= 15 is 0 Å². The van der Waals surface area contributed by atoms with Gasteiger partial charge in [0, 0.05) is 55.3 Å². The number of carbonyl (C=O) groups excluding carboxylic acids is 2. The number of amides is 1. The summed E-state index contributed by atoms with van der Waals surface area (Å²) in [6, 6.07) is 8.37. The van der Waals surface area contributed by atoms with Crippen molar-refractivity contribution in [3.8, 4) is 0 Å². The second-order valence-corrected chi connectivity index (χ2v) is 6.65. The normalized spacial score (nSPS) is 18.2. The molecule has 1 aliphatic rings. The molecular weight excluding hydrogens is 302 g/mol. The number of rotatable bonds is 6. The van der Waals surface area contributed by atoms with Gasteiger partial charge in [-0.05, 0) is 32.4 Å². The smallest absolute Gasteiger partial charge is 0.217 e. The molecule has 5 nitrogen and oxygen atoms in total. The van der Waals surface area contributed by atoms with Crippen LogP contribution in [-0.4, -0.2) is 46.8 Å². The maximum absolute atomic E-state index is 11.8. The molecule has 1 atom stereocenters. The summed E-state index contributed by atoms with van der Waals surface area (Å²) in [5.41, 5.74) is 1.93. The van der Waals surface area contributed by atoms with Crippen molar-refractivity contribution in [2.24, 2.45) is 0 Å². The van der Waals surface area contributed by atoms with Crippen LogP contribution in [-0.2, 0) is 11.3 Å². The Kier molecular flexibility index (Phi) is 5.00. The first-order chi connectivity index (χ1) is 11.5. The first-order valence-corrected chi connectivity index (χ1v) is 8.63. The summed E-state index contributed by atoms with van der Waals surface area (Å²) < 4.78 is 2.19. The fraction of sp³-hybridized carbons (Fsp3) is 0.474. The quantitative estimate of drug-likeness (QED) is 0.829. The Labute approximate surface area is 142 Å². The molecule has 3 rings (SSSR count). The second kappa shape index (κ2) is 7.18. The van der Waals surface area contributed by atoms with Crippen molar-refractivity contribution in [3.63, 3.8) is 0 Å². The van der Waals surface area contributed by atoms with Crippen molar-refractivity contribution < 1.29 is 9.59 Å². The van der Waals surface area contributed by atoms with Crippen LogP contribution in [0.5, 0.6) is 0 Å². The van der Waals surface area contributed by atoms with E-state index in [-0.39, 0.29) is 11.7 Å². The van der Waals surface area contributed by atoms with E-state index in [0.29, 0.717) is 6.04 Å². The van der Waals surface area contributed by atoms with E-state index in [4.69, 9.17) is 0 Å². The lowest BCUT2D eigenvalue weighted by atomic mass is 10.1. The molecule has 1 N–H and O–H groups in total. The standard InChI is InChI=1S/C19H25N3O2/c1-14(23)18-13-22(19-7-4-3-6-17(18)19)10-5-9-21-11-8-16(12-21)20-15(2)24/h3-4,6-7,13,16H,5,8-12H2,1-2H3,(H,20,24). The number of aromatic nitrogens is 1. The lowest BCUT2D eigenvalue weighted by Crippen LogP contribution is -2.35. The number of para-hydroxylation sites is 1. The van der Waals surface area contributed by atoms with E-state index < -0.39 is 0 Å². The van der Waals surface area contributed by atoms with Gasteiger partial charge in [-0.15, -0.1) is 0 Å². The van der Waals surface area contributed by atoms with Crippen LogP contribution in [0.3, 0.4) is 0 Å². The fourth-order valence-electron chi connectivity index (χ4n) is 3.62. The van der Waals surface area contributed by atoms with Gasteiger partial charge in [-0.3, -0.25) is 9.59 Å². The minimum atomic E-state index is 0.0532. The third-order valence-corrected chi connectivity index (χ3v) is 4.72. The molecule has 0 spiro atoms. The third-order valence-electron chi connectivity index (χ3n) is 4.72. The highest BCUT2D eigenvalue weighted by Crippen LogP contribution is 2.22. The van der Waals surface area contributed by atoms with Crippen LogP contribution in [0.2, 0.25) is 0 Å². The molecular formula is C19H25N3O2. The van der Waals surface area contributed by atoms with E-state index in [1.54, 1.807) is 13.8 Å². The Bertz CT molecular complexity index is 750. The monoisotopic (exact) mass is 327 g/mol. The van der Waals surface area contributed by atoms with Gasteiger partial charge < -0.3 is 14.8 Å². The number of nitrogens with zero attached hydrogens (tertiary/aromatic N) is 2. The molecule has 1 amide bonds. The minimum absolute atomic E-state index is 0.0532. The van der Waals surface area contributed by atoms with Gasteiger partial charge in [0.2, 0.25) is 5.91 Å². The van der Waals surface area contributed by atoms with Crippen LogP contribution >= 0.6 is 0 Å². The number of nitrogens with one attached hydrogen (secondary N) is 1. The fourth-order valence-corrected chi connectivity index (χ4v) is 3.62. The summed E-state index contributed by atoms with van der Waals surface area (Å²) in [7, 11) is 0. The van der Waals surface area contributed by atoms with Crippen molar-refractivity contribution in [3.05, 3.63) is 36.0 Å². The molecule has 1 aromatic heterocycles. The van der Waals surface area contributed by atoms with Gasteiger partial charge in [-0.25, -0.2) is 0 Å². The summed E-state index contributed by atoms with van der Waals surface area (Å²) in [5, 5.41) is 4.04. The SMILES string of the molecule is CC(=O)NC1CCN(CCCn2cc(C(C)=O)c3ccccc32)C1. The van der Waals surface area contributed by atoms with Crippen molar-refractivity contribution in [2.45, 2.75) is 39.3 Å². The van der Waals surface area contributed by atoms with Crippen molar-refractivity contribution in [1.82, 2.24) is 14.8 Å². The molecule has 1 saturated heterocycles. The lowest BCUT2D eigenvalue weighted by Gasteiger charge is -2.16. The minimum Gasteiger partial charge on any atom is -0.352 e. The predicted octanol–water partition coefficient (Wildman–Crippen LogP) is 2.44. The zero-order valence-electron chi connectivity index (χ0n) is 14.4. The first kappa shape index (κ1) is 16.7. The molecule has 0 radical (unpaired) electrons. The largest absolute Gasteiger partial charge is 0.352 e. The summed E-state index contributed by atoms with van der Waals surface area (Å²) in [4.78, 5) is 25.4. The predicted molar refractivity (Wildman–Crippen MR) is 95.2 cm³/mol. The average molecular weight is 327 g/mol. The van der Waals surface area contributed by atoms with Crippen LogP contribution in [0.1, 0.15) is 37.0 Å². The number of aryl methyl sites for hydroxylation is 1. The number of carbonyl (C=O) groups is 2. The summed E-state index contributed by atoms with van der Waals surface area (Å²) in [5.74, 6) is 0.167. The zero-order valence-corrected chi connectivity index (χ0v) is 14.4. The molecule has 2 heterocycles. The molecule has 1 aromatic carbocycles. The molecule has 24 heavy (non-hydrogen) atoms. The van der Waals surface area contributed by atoms with E-state index in [1.165, 1.54) is 0 Å². The van der Waals surface area contributed by atoms with Gasteiger partial charge in [-0.1, -0.05) is 18.2 Å². The molecule has 5 heteroatoms. The first-order valence-electron chi connectivity index (χ1n) is 8.63. The maximum atomic E-state index is 11.8. The van der Waals surface area contributed by atoms with E-state index in [2.05, 4.69) is 20.9 Å². The molecule has 128 valence electrons. The second-order valence-electron chi connectivity index (χ2n) is 6.65. The van der Waals surface area contributed by atoms with Crippen LogP contribution in [0, 0.1) is 0 Å². The number of ketones is 1. The topological polar surface area (TPSA) is 54.3 Å². The third kappa shape index (κ3) is 3.67. The van der Waals surface area contributed by atoms with Crippen LogP contribution in [0.15, 0.2) is 30.5 Å². The average Bonchev–Trinajstić information content (AvgIpc) is 3.12. The van der Waals surface area contributed by atoms with Crippen LogP contribution < -0.4 is 5.32 Å². The highest BCUT2D eigenvalue weighted by molar-refractivity contribution is 6.06. The molecule has 0 bridgehead atoms. The Morgan fingerprint density at radius 3 is 2.75 bits per heavy atom. The highest BCUT2D eigenvalue weighted by atomic mass is 16.1. The van der Waals surface area contributed by atoms with E-state index in [0.717, 1.165) is 55.5 Å². The summed E-state index contributed by atoms with van der Waals surface area (Å²) >= 11 is 0. The molecule has 0 aliphatic carbocycles. The Morgan fingerprint density at radius 2 is 2.00 bits per heavy atom. The summed E-state index contributed by atoms with van der Waals surface area (Å²) in [6.07, 6.45) is 4.04. The Hall–Kier alpha value is -2.14. The molecule has 1 aliphatic heterocycles. The van der Waals surface area contributed by atoms with Crippen LogP contribution in [0.4, 0.5) is 0 Å². The van der Waals surface area contributed by atoms with Crippen molar-refractivity contribution in [2.75, 3.05) is 19.6 Å². The van der Waals surface area contributed by atoms with Gasteiger partial charge in [-0.2, -0.15) is 0 Å². The zero-order chi connectivity index (χ0) is 17.1. The Balaban J connectivity index is 1.59. The molecule has 0 saturated carbocycles. The lowest BCUT2D eigenvalue weighted by molar-refractivity contribution is -0.119. The molecule has 1 fully saturated rings. The van der Waals surface area contributed by atoms with Gasteiger partial charge in [0.15, 0.2) is 5.78 Å². The van der Waals surface area contributed by atoms with Crippen molar-refractivity contribution in [1.29, 1.82) is 0 Å². The van der Waals surface area contributed by atoms with Crippen LogP contribution in [0.25, 0.3) is 10.9 Å². The van der Waals surface area contributed by atoms with Crippen molar-refractivity contribution >= 4 is 22.6 Å². The molecule has 1 unspecified atom stereocenters. The van der Waals surface area contributed by atoms with E-state index in [1.807, 2.05) is 24.4 Å². The Morgan fingerprint density at radius 1 is 1.21 bits per heavy atom. The van der Waals surface area contributed by atoms with Gasteiger partial charge in [0.1, 0.15) is 0 Å². The highest BCUT2D eigenvalue weighted by Gasteiger charge is 2.22. The molecule has 2 aromatic rings. The number of likely N-dealkylation sites (tertiary alicyclic amines) is 1. The number of benzene rings is 1. The summed E-state index contributed by atoms with van der Waals surface area (Å²) in [6.45, 7) is 7.08. The number of hydrogen-bond donors (Lipinski definition) is 1. The van der Waals surface area contributed by atoms with Gasteiger partial charge in [0.25, 0.3) is 0 Å². The van der Waals surface area contributed by atoms with E-state index in [9.17, 15) is 9.59 Å². The number of hydrogen-bond acceptors (Lipinski definition) is 3.